The molecule has 0 aromatic heterocycles. The molecule has 2 rings (SSSR count). The number of nitrogens with two attached hydrogens (primary N) is 1. The van der Waals surface area contributed by atoms with E-state index in [0.717, 1.165) is 17.5 Å². The molecule has 2 aromatic carbocycles. The summed E-state index contributed by atoms with van der Waals surface area (Å²) in [6.45, 7) is 6.49. The van der Waals surface area contributed by atoms with Crippen LogP contribution in [-0.2, 0) is 11.2 Å². The fourth-order valence-electron chi connectivity index (χ4n) is 3.09. The van der Waals surface area contributed by atoms with Gasteiger partial charge in [-0.05, 0) is 24.8 Å². The van der Waals surface area contributed by atoms with Crippen LogP contribution in [0.15, 0.2) is 54.6 Å². The van der Waals surface area contributed by atoms with E-state index in [1.807, 2.05) is 35.6 Å². The van der Waals surface area contributed by atoms with Gasteiger partial charge in [0.2, 0.25) is 0 Å². The van der Waals surface area contributed by atoms with Crippen LogP contribution in [0.3, 0.4) is 0 Å². The van der Waals surface area contributed by atoms with Crippen LogP contribution >= 0.6 is 0 Å². The van der Waals surface area contributed by atoms with E-state index in [1.165, 1.54) is 12.6 Å². The summed E-state index contributed by atoms with van der Waals surface area (Å²) < 4.78 is 0. The largest absolute Gasteiger partial charge is 0.341 e. The van der Waals surface area contributed by atoms with Crippen molar-refractivity contribution in [2.24, 2.45) is 5.92 Å². The van der Waals surface area contributed by atoms with Crippen LogP contribution < -0.4 is 16.0 Å². The lowest BCUT2D eigenvalue weighted by molar-refractivity contribution is -0.719. The number of hydrogen-bond acceptors (Lipinski definition) is 2. The summed E-state index contributed by atoms with van der Waals surface area (Å²) in [6.07, 6.45) is 1.06. The normalized spacial score (nSPS) is 13.1. The Morgan fingerprint density at radius 3 is 2.11 bits per heavy atom. The van der Waals surface area contributed by atoms with Crippen LogP contribution in [0.1, 0.15) is 49.5 Å². The third-order valence-corrected chi connectivity index (χ3v) is 4.54. The number of carbonyl (C=O) groups is 2. The van der Waals surface area contributed by atoms with Gasteiger partial charge in [-0.1, -0.05) is 68.4 Å². The Balaban J connectivity index is 2.16. The summed E-state index contributed by atoms with van der Waals surface area (Å²) in [7, 11) is 1.49. The molecule has 0 bridgehead atoms. The van der Waals surface area contributed by atoms with Crippen molar-refractivity contribution >= 4 is 11.9 Å². The van der Waals surface area contributed by atoms with Gasteiger partial charge in [-0.15, -0.1) is 0 Å². The maximum absolute atomic E-state index is 12.7. The molecule has 0 saturated carbocycles. The second kappa shape index (κ2) is 9.88. The molecule has 0 spiro atoms. The molecule has 0 aliphatic heterocycles. The van der Waals surface area contributed by atoms with Gasteiger partial charge in [0.25, 0.3) is 5.91 Å². The van der Waals surface area contributed by atoms with Gasteiger partial charge in [0.1, 0.15) is 6.04 Å². The van der Waals surface area contributed by atoms with Gasteiger partial charge in [-0.25, -0.2) is 4.79 Å². The Labute approximate surface area is 161 Å². The highest BCUT2D eigenvalue weighted by atomic mass is 16.2. The molecule has 4 N–H and O–H groups in total. The first-order valence-corrected chi connectivity index (χ1v) is 9.42. The zero-order chi connectivity index (χ0) is 19.8. The molecule has 0 heterocycles. The summed E-state index contributed by atoms with van der Waals surface area (Å²) in [5, 5.41) is 6.81. The predicted molar refractivity (Wildman–Crippen MR) is 107 cm³/mol. The van der Waals surface area contributed by atoms with Crippen molar-refractivity contribution in [3.05, 3.63) is 71.3 Å². The van der Waals surface area contributed by atoms with Crippen molar-refractivity contribution in [3.8, 4) is 0 Å². The van der Waals surface area contributed by atoms with Gasteiger partial charge in [-0.3, -0.25) is 10.1 Å². The van der Waals surface area contributed by atoms with Crippen molar-refractivity contribution in [1.82, 2.24) is 10.6 Å². The van der Waals surface area contributed by atoms with Crippen LogP contribution in [-0.4, -0.2) is 19.0 Å². The first-order chi connectivity index (χ1) is 12.9. The van der Waals surface area contributed by atoms with Gasteiger partial charge in [0.15, 0.2) is 6.04 Å². The highest BCUT2D eigenvalue weighted by molar-refractivity contribution is 5.96. The highest BCUT2D eigenvalue weighted by Gasteiger charge is 2.28. The lowest BCUT2D eigenvalue weighted by Gasteiger charge is -2.20. The van der Waals surface area contributed by atoms with E-state index in [2.05, 4.69) is 55.7 Å². The van der Waals surface area contributed by atoms with Crippen molar-refractivity contribution in [2.75, 3.05) is 7.05 Å². The van der Waals surface area contributed by atoms with Gasteiger partial charge in [-0.2, -0.15) is 0 Å². The summed E-state index contributed by atoms with van der Waals surface area (Å²) in [5.41, 5.74) is 3.33. The molecular weight excluding hydrogens is 338 g/mol. The average molecular weight is 369 g/mol. The Morgan fingerprint density at radius 2 is 1.56 bits per heavy atom. The van der Waals surface area contributed by atoms with Gasteiger partial charge < -0.3 is 10.6 Å². The lowest BCUT2D eigenvalue weighted by Crippen LogP contribution is -2.88. The van der Waals surface area contributed by atoms with Crippen molar-refractivity contribution < 1.29 is 14.9 Å². The molecule has 2 atom stereocenters. The summed E-state index contributed by atoms with van der Waals surface area (Å²) in [4.78, 5) is 24.2. The smallest absolute Gasteiger partial charge is 0.321 e. The zero-order valence-corrected chi connectivity index (χ0v) is 16.5. The van der Waals surface area contributed by atoms with Gasteiger partial charge in [0, 0.05) is 18.2 Å². The molecule has 0 saturated heterocycles. The quantitative estimate of drug-likeness (QED) is 0.703. The lowest BCUT2D eigenvalue weighted by atomic mass is 9.98. The highest BCUT2D eigenvalue weighted by Crippen LogP contribution is 2.16. The SMILES string of the molecule is CNC(=O)NC(=O)[C@@H]([NH2+][C@@H](C)c1ccc(CC(C)C)cc1)c1ccccc1. The number of urea groups is 1. The molecule has 2 aromatic rings. The number of imide groups is 1. The number of hydrogen-bond donors (Lipinski definition) is 3. The first-order valence-electron chi connectivity index (χ1n) is 9.42. The topological polar surface area (TPSA) is 74.8 Å². The average Bonchev–Trinajstić information content (AvgIpc) is 2.66. The van der Waals surface area contributed by atoms with E-state index < -0.39 is 12.1 Å². The Morgan fingerprint density at radius 1 is 0.926 bits per heavy atom. The Kier molecular flexibility index (Phi) is 7.55. The van der Waals surface area contributed by atoms with Crippen LogP contribution in [0.25, 0.3) is 0 Å². The third kappa shape index (κ3) is 6.22. The molecule has 3 amide bonds. The second-order valence-electron chi connectivity index (χ2n) is 7.28. The third-order valence-electron chi connectivity index (χ3n) is 4.54. The van der Waals surface area contributed by atoms with Crippen molar-refractivity contribution in [2.45, 2.75) is 39.3 Å². The molecule has 5 heteroatoms. The number of quaternary nitrogens is 1. The van der Waals surface area contributed by atoms with E-state index in [1.54, 1.807) is 0 Å². The van der Waals surface area contributed by atoms with E-state index in [4.69, 9.17) is 0 Å². The minimum atomic E-state index is -0.506. The number of rotatable bonds is 7. The minimum Gasteiger partial charge on any atom is -0.341 e. The van der Waals surface area contributed by atoms with Crippen LogP contribution in [0.2, 0.25) is 0 Å². The zero-order valence-electron chi connectivity index (χ0n) is 16.5. The summed E-state index contributed by atoms with van der Waals surface area (Å²) in [6, 6.07) is 17.1. The maximum Gasteiger partial charge on any atom is 0.321 e. The molecule has 0 radical (unpaired) electrons. The molecule has 0 unspecified atom stereocenters. The monoisotopic (exact) mass is 368 g/mol. The standard InChI is InChI=1S/C22H29N3O2/c1-15(2)14-17-10-12-18(13-11-17)16(3)24-20(19-8-6-5-7-9-19)21(26)25-22(27)23-4/h5-13,15-16,20,24H,14H2,1-4H3,(H2,23,25,26,27)/p+1/t16-,20-/m0/s1. The number of benzene rings is 2. The second-order valence-corrected chi connectivity index (χ2v) is 7.28. The van der Waals surface area contributed by atoms with Crippen LogP contribution in [0.4, 0.5) is 4.79 Å². The molecule has 0 aliphatic carbocycles. The van der Waals surface area contributed by atoms with Crippen LogP contribution in [0.5, 0.6) is 0 Å². The van der Waals surface area contributed by atoms with E-state index in [9.17, 15) is 9.59 Å². The van der Waals surface area contributed by atoms with Gasteiger partial charge in [0.05, 0.1) is 0 Å². The van der Waals surface area contributed by atoms with Crippen molar-refractivity contribution in [3.63, 3.8) is 0 Å². The van der Waals surface area contributed by atoms with E-state index in [0.29, 0.717) is 5.92 Å². The fourth-order valence-corrected chi connectivity index (χ4v) is 3.09. The molecular formula is C22H30N3O2+. The Hall–Kier alpha value is -2.66. The maximum atomic E-state index is 12.7. The fraction of sp³-hybridized carbons (Fsp3) is 0.364. The van der Waals surface area contributed by atoms with E-state index >= 15 is 0 Å². The van der Waals surface area contributed by atoms with Crippen LogP contribution in [0, 0.1) is 5.92 Å². The first kappa shape index (κ1) is 20.6. The molecule has 0 fully saturated rings. The molecule has 27 heavy (non-hydrogen) atoms. The molecule has 0 aliphatic rings. The minimum absolute atomic E-state index is 0.0683. The van der Waals surface area contributed by atoms with E-state index in [-0.39, 0.29) is 11.9 Å². The molecule has 5 nitrogen and oxygen atoms in total. The Bertz CT molecular complexity index is 742. The summed E-state index contributed by atoms with van der Waals surface area (Å²) in [5.74, 6) is 0.291. The van der Waals surface area contributed by atoms with Gasteiger partial charge >= 0.3 is 6.03 Å². The predicted octanol–water partition coefficient (Wildman–Crippen LogP) is 2.71. The number of nitrogens with one attached hydrogen (secondary N) is 2. The number of carbonyl (C=O) groups excluding carboxylic acids is 2. The summed E-state index contributed by atoms with van der Waals surface area (Å²) >= 11 is 0. The molecule has 144 valence electrons. The van der Waals surface area contributed by atoms with Crippen molar-refractivity contribution in [1.29, 1.82) is 0 Å². The number of amides is 3.